The molecule has 1 aromatic carbocycles. The highest BCUT2D eigenvalue weighted by atomic mass is 16.5. The first-order chi connectivity index (χ1) is 12.7. The van der Waals surface area contributed by atoms with E-state index in [0.29, 0.717) is 34.3 Å². The average Bonchev–Trinajstić information content (AvgIpc) is 3.35. The van der Waals surface area contributed by atoms with Gasteiger partial charge in [-0.1, -0.05) is 17.3 Å². The van der Waals surface area contributed by atoms with E-state index in [-0.39, 0.29) is 6.61 Å². The van der Waals surface area contributed by atoms with E-state index in [1.165, 1.54) is 19.4 Å². The Hall–Kier alpha value is -3.48. The molecule has 0 radical (unpaired) electrons. The van der Waals surface area contributed by atoms with Gasteiger partial charge in [0.1, 0.15) is 12.3 Å². The Morgan fingerprint density at radius 1 is 1.15 bits per heavy atom. The Morgan fingerprint density at radius 3 is 2.77 bits per heavy atom. The molecule has 0 amide bonds. The molecule has 26 heavy (non-hydrogen) atoms. The molecule has 2 heterocycles. The molecule has 0 saturated heterocycles. The van der Waals surface area contributed by atoms with E-state index in [9.17, 15) is 4.79 Å². The van der Waals surface area contributed by atoms with E-state index < -0.39 is 5.97 Å². The number of carbonyl (C=O) groups excluding carboxylic acids is 1. The smallest absolute Gasteiger partial charge is 0.331 e. The molecule has 0 bridgehead atoms. The van der Waals surface area contributed by atoms with Crippen LogP contribution in [0.1, 0.15) is 11.3 Å². The van der Waals surface area contributed by atoms with Crippen molar-refractivity contribution in [3.63, 3.8) is 0 Å². The minimum Gasteiger partial charge on any atom is -0.493 e. The number of hydrogen-bond acceptors (Lipinski definition) is 7. The summed E-state index contributed by atoms with van der Waals surface area (Å²) >= 11 is 0. The van der Waals surface area contributed by atoms with Crippen LogP contribution in [0.5, 0.6) is 11.5 Å². The van der Waals surface area contributed by atoms with Gasteiger partial charge in [0, 0.05) is 17.7 Å². The number of para-hydroxylation sites is 1. The van der Waals surface area contributed by atoms with Gasteiger partial charge in [-0.3, -0.25) is 0 Å². The van der Waals surface area contributed by atoms with Gasteiger partial charge in [0.25, 0.3) is 0 Å². The van der Waals surface area contributed by atoms with Crippen LogP contribution >= 0.6 is 0 Å². The van der Waals surface area contributed by atoms with Crippen molar-refractivity contribution in [1.82, 2.24) is 5.16 Å². The molecule has 0 atom stereocenters. The van der Waals surface area contributed by atoms with Gasteiger partial charge < -0.3 is 23.2 Å². The first-order valence-electron chi connectivity index (χ1n) is 7.76. The molecule has 7 nitrogen and oxygen atoms in total. The fraction of sp³-hybridized carbons (Fsp3) is 0.158. The standard InChI is InChI=1S/C19H17NO6/c1-22-16-6-3-5-13(19(16)23-2)8-9-18(21)25-12-14-11-17(26-20-14)15-7-4-10-24-15/h3-11H,12H2,1-2H3/b9-8+. The Bertz CT molecular complexity index is 895. The van der Waals surface area contributed by atoms with Crippen LogP contribution in [0.3, 0.4) is 0 Å². The second-order valence-electron chi connectivity index (χ2n) is 5.18. The van der Waals surface area contributed by atoms with E-state index in [1.807, 2.05) is 0 Å². The van der Waals surface area contributed by atoms with E-state index in [4.69, 9.17) is 23.2 Å². The molecule has 0 aliphatic heterocycles. The second kappa shape index (κ2) is 8.06. The lowest BCUT2D eigenvalue weighted by molar-refractivity contribution is -0.139. The van der Waals surface area contributed by atoms with Crippen molar-refractivity contribution < 1.29 is 27.9 Å². The van der Waals surface area contributed by atoms with Crippen molar-refractivity contribution in [3.8, 4) is 23.0 Å². The molecule has 0 aliphatic rings. The highest BCUT2D eigenvalue weighted by Crippen LogP contribution is 2.31. The summed E-state index contributed by atoms with van der Waals surface area (Å²) in [5.41, 5.74) is 1.18. The van der Waals surface area contributed by atoms with Gasteiger partial charge in [-0.05, 0) is 24.3 Å². The number of benzene rings is 1. The number of methoxy groups -OCH3 is 2. The number of ether oxygens (including phenoxy) is 3. The number of aromatic nitrogens is 1. The lowest BCUT2D eigenvalue weighted by Crippen LogP contribution is -2.01. The predicted octanol–water partition coefficient (Wildman–Crippen LogP) is 3.71. The maximum atomic E-state index is 11.9. The summed E-state index contributed by atoms with van der Waals surface area (Å²) in [6.07, 6.45) is 4.45. The number of carbonyl (C=O) groups is 1. The number of esters is 1. The fourth-order valence-electron chi connectivity index (χ4n) is 2.31. The average molecular weight is 355 g/mol. The monoisotopic (exact) mass is 355 g/mol. The van der Waals surface area contributed by atoms with Crippen LogP contribution in [0.2, 0.25) is 0 Å². The first kappa shape index (κ1) is 17.3. The minimum absolute atomic E-state index is 0.0113. The molecule has 0 saturated carbocycles. The predicted molar refractivity (Wildman–Crippen MR) is 92.6 cm³/mol. The Labute approximate surface area is 149 Å². The zero-order chi connectivity index (χ0) is 18.4. The summed E-state index contributed by atoms with van der Waals surface area (Å²) in [5, 5.41) is 3.84. The summed E-state index contributed by atoms with van der Waals surface area (Å²) in [5.74, 6) is 1.63. The molecule has 7 heteroatoms. The third-order valence-electron chi connectivity index (χ3n) is 3.52. The molecule has 0 fully saturated rings. The SMILES string of the molecule is COc1cccc(/C=C/C(=O)OCc2cc(-c3ccco3)on2)c1OC. The summed E-state index contributed by atoms with van der Waals surface area (Å²) < 4.78 is 26.0. The first-order valence-corrected chi connectivity index (χ1v) is 7.76. The molecule has 3 aromatic rings. The highest BCUT2D eigenvalue weighted by molar-refractivity contribution is 5.87. The second-order valence-corrected chi connectivity index (χ2v) is 5.18. The fourth-order valence-corrected chi connectivity index (χ4v) is 2.31. The molecule has 3 rings (SSSR count). The van der Waals surface area contributed by atoms with Crippen molar-refractivity contribution >= 4 is 12.0 Å². The Balaban J connectivity index is 1.60. The van der Waals surface area contributed by atoms with Gasteiger partial charge >= 0.3 is 5.97 Å². The largest absolute Gasteiger partial charge is 0.493 e. The van der Waals surface area contributed by atoms with E-state index >= 15 is 0 Å². The van der Waals surface area contributed by atoms with Crippen molar-refractivity contribution in [2.75, 3.05) is 14.2 Å². The van der Waals surface area contributed by atoms with Gasteiger partial charge in [-0.25, -0.2) is 4.79 Å². The molecular formula is C19H17NO6. The number of nitrogens with zero attached hydrogens (tertiary/aromatic N) is 1. The molecule has 0 unspecified atom stereocenters. The zero-order valence-electron chi connectivity index (χ0n) is 14.3. The molecule has 0 spiro atoms. The van der Waals surface area contributed by atoms with Crippen LogP contribution in [0, 0.1) is 0 Å². The van der Waals surface area contributed by atoms with Gasteiger partial charge in [0.05, 0.1) is 20.5 Å². The maximum Gasteiger partial charge on any atom is 0.331 e. The molecule has 2 aromatic heterocycles. The van der Waals surface area contributed by atoms with E-state index in [0.717, 1.165) is 0 Å². The normalized spacial score (nSPS) is 10.8. The number of furan rings is 1. The van der Waals surface area contributed by atoms with Crippen LogP contribution in [0.4, 0.5) is 0 Å². The number of rotatable bonds is 7. The molecule has 134 valence electrons. The Kier molecular flexibility index (Phi) is 5.38. The van der Waals surface area contributed by atoms with Crippen molar-refractivity contribution in [1.29, 1.82) is 0 Å². The van der Waals surface area contributed by atoms with Crippen LogP contribution in [-0.2, 0) is 16.1 Å². The third-order valence-corrected chi connectivity index (χ3v) is 3.52. The third kappa shape index (κ3) is 3.94. The van der Waals surface area contributed by atoms with Crippen LogP contribution in [0.25, 0.3) is 17.6 Å². The molecule has 0 aliphatic carbocycles. The highest BCUT2D eigenvalue weighted by Gasteiger charge is 2.11. The zero-order valence-corrected chi connectivity index (χ0v) is 14.3. The minimum atomic E-state index is -0.516. The Morgan fingerprint density at radius 2 is 2.04 bits per heavy atom. The van der Waals surface area contributed by atoms with Gasteiger partial charge in [-0.15, -0.1) is 0 Å². The van der Waals surface area contributed by atoms with Gasteiger partial charge in [-0.2, -0.15) is 0 Å². The van der Waals surface area contributed by atoms with Crippen LogP contribution in [-0.4, -0.2) is 25.3 Å². The van der Waals surface area contributed by atoms with Crippen molar-refractivity contribution in [2.24, 2.45) is 0 Å². The lowest BCUT2D eigenvalue weighted by atomic mass is 10.1. The van der Waals surface area contributed by atoms with Crippen LogP contribution < -0.4 is 9.47 Å². The maximum absolute atomic E-state index is 11.9. The summed E-state index contributed by atoms with van der Waals surface area (Å²) in [7, 11) is 3.09. The van der Waals surface area contributed by atoms with Gasteiger partial charge in [0.15, 0.2) is 17.3 Å². The summed E-state index contributed by atoms with van der Waals surface area (Å²) in [6, 6.07) is 10.5. The lowest BCUT2D eigenvalue weighted by Gasteiger charge is -2.09. The van der Waals surface area contributed by atoms with Crippen molar-refractivity contribution in [3.05, 3.63) is 60.0 Å². The topological polar surface area (TPSA) is 83.9 Å². The molecular weight excluding hydrogens is 338 g/mol. The summed E-state index contributed by atoms with van der Waals surface area (Å²) in [4.78, 5) is 11.9. The van der Waals surface area contributed by atoms with Gasteiger partial charge in [0.2, 0.25) is 5.76 Å². The molecule has 0 N–H and O–H groups in total. The van der Waals surface area contributed by atoms with E-state index in [2.05, 4.69) is 5.16 Å². The van der Waals surface area contributed by atoms with Crippen LogP contribution in [0.15, 0.2) is 57.7 Å². The van der Waals surface area contributed by atoms with E-state index in [1.54, 1.807) is 49.6 Å². The van der Waals surface area contributed by atoms with Crippen molar-refractivity contribution in [2.45, 2.75) is 6.61 Å². The summed E-state index contributed by atoms with van der Waals surface area (Å²) in [6.45, 7) is -0.0113. The quantitative estimate of drug-likeness (QED) is 0.472. The number of hydrogen-bond donors (Lipinski definition) is 0.